The van der Waals surface area contributed by atoms with Crippen LogP contribution in [0.3, 0.4) is 0 Å². The Bertz CT molecular complexity index is 889. The molecule has 6 nitrogen and oxygen atoms in total. The molecule has 0 aliphatic carbocycles. The van der Waals surface area contributed by atoms with Gasteiger partial charge in [-0.25, -0.2) is 4.79 Å². The summed E-state index contributed by atoms with van der Waals surface area (Å²) in [5, 5.41) is 16.2. The molecule has 0 radical (unpaired) electrons. The van der Waals surface area contributed by atoms with Crippen molar-refractivity contribution in [3.05, 3.63) is 53.9 Å². The zero-order chi connectivity index (χ0) is 17.3. The van der Waals surface area contributed by atoms with Crippen LogP contribution in [0, 0.1) is 0 Å². The quantitative estimate of drug-likeness (QED) is 0.788. The van der Waals surface area contributed by atoms with Crippen LogP contribution in [-0.2, 0) is 6.18 Å². The van der Waals surface area contributed by atoms with Crippen LogP contribution in [0.1, 0.15) is 15.9 Å². The Kier molecular flexibility index (Phi) is 3.76. The highest BCUT2D eigenvalue weighted by Crippen LogP contribution is 2.36. The van der Waals surface area contributed by atoms with E-state index in [9.17, 15) is 18.0 Å². The van der Waals surface area contributed by atoms with Gasteiger partial charge < -0.3 is 9.52 Å². The number of carbonyl (C=O) groups is 1. The molecule has 1 aromatic carbocycles. The number of carboxylic acids is 1. The van der Waals surface area contributed by atoms with Crippen LogP contribution in [0.4, 0.5) is 13.2 Å². The van der Waals surface area contributed by atoms with Crippen LogP contribution in [0.15, 0.2) is 47.1 Å². The first-order valence-corrected chi connectivity index (χ1v) is 6.55. The molecular weight excluding hydrogens is 327 g/mol. The largest absolute Gasteiger partial charge is 0.478 e. The molecule has 0 saturated heterocycles. The monoisotopic (exact) mass is 335 g/mol. The predicted octanol–water partition coefficient (Wildman–Crippen LogP) is 3.52. The molecule has 24 heavy (non-hydrogen) atoms. The summed E-state index contributed by atoms with van der Waals surface area (Å²) in [6, 6.07) is 6.32. The molecule has 0 aliphatic rings. The minimum atomic E-state index is -4.59. The van der Waals surface area contributed by atoms with Crippen molar-refractivity contribution in [3.8, 4) is 22.9 Å². The number of rotatable bonds is 3. The summed E-state index contributed by atoms with van der Waals surface area (Å²) in [7, 11) is 0. The number of hydrogen-bond donors (Lipinski definition) is 1. The molecule has 2 heterocycles. The molecule has 0 aliphatic heterocycles. The summed E-state index contributed by atoms with van der Waals surface area (Å²) in [4.78, 5) is 14.5. The first-order chi connectivity index (χ1) is 11.4. The van der Waals surface area contributed by atoms with Crippen LogP contribution in [-0.4, -0.2) is 26.3 Å². The molecule has 0 unspecified atom stereocenters. The van der Waals surface area contributed by atoms with E-state index in [1.165, 1.54) is 24.3 Å². The van der Waals surface area contributed by atoms with Crippen molar-refractivity contribution in [1.82, 2.24) is 15.2 Å². The molecule has 0 spiro atoms. The van der Waals surface area contributed by atoms with E-state index < -0.39 is 17.7 Å². The van der Waals surface area contributed by atoms with Crippen LogP contribution in [0.2, 0.25) is 0 Å². The van der Waals surface area contributed by atoms with Crippen molar-refractivity contribution in [2.24, 2.45) is 0 Å². The summed E-state index contributed by atoms with van der Waals surface area (Å²) in [5.41, 5.74) is -0.818. The molecule has 1 N–H and O–H groups in total. The van der Waals surface area contributed by atoms with E-state index in [0.717, 1.165) is 18.5 Å². The van der Waals surface area contributed by atoms with Gasteiger partial charge in [0.05, 0.1) is 16.7 Å². The van der Waals surface area contributed by atoms with Gasteiger partial charge in [-0.3, -0.25) is 4.98 Å². The average Bonchev–Trinajstić information content (AvgIpc) is 3.04. The zero-order valence-corrected chi connectivity index (χ0v) is 11.8. The topological polar surface area (TPSA) is 89.1 Å². The molecule has 3 aromatic rings. The molecule has 0 saturated carbocycles. The highest BCUT2D eigenvalue weighted by atomic mass is 19.4. The molecule has 3 rings (SSSR count). The number of hydrogen-bond acceptors (Lipinski definition) is 5. The molecular formula is C15H8F3N3O3. The van der Waals surface area contributed by atoms with Gasteiger partial charge in [-0.1, -0.05) is 0 Å². The van der Waals surface area contributed by atoms with E-state index in [4.69, 9.17) is 9.52 Å². The first-order valence-electron chi connectivity index (χ1n) is 6.55. The third-order valence-corrected chi connectivity index (χ3v) is 3.16. The Hall–Kier alpha value is -3.23. The van der Waals surface area contributed by atoms with Gasteiger partial charge in [0, 0.05) is 18.0 Å². The first kappa shape index (κ1) is 15.7. The van der Waals surface area contributed by atoms with Crippen LogP contribution >= 0.6 is 0 Å². The third-order valence-electron chi connectivity index (χ3n) is 3.16. The highest BCUT2D eigenvalue weighted by molar-refractivity contribution is 5.88. The van der Waals surface area contributed by atoms with Crippen LogP contribution in [0.5, 0.6) is 0 Å². The number of aromatic carboxylic acids is 1. The fourth-order valence-electron chi connectivity index (χ4n) is 2.02. The molecule has 9 heteroatoms. The standard InChI is InChI=1S/C15H8F3N3O3/c16-15(17,18)11-5-6-19-7-10(11)13-21-20-12(24-13)8-1-3-9(4-2-8)14(22)23/h1-7H,(H,22,23). The Labute approximate surface area is 132 Å². The lowest BCUT2D eigenvalue weighted by Crippen LogP contribution is -2.07. The van der Waals surface area contributed by atoms with E-state index in [1.54, 1.807) is 0 Å². The molecule has 0 amide bonds. The van der Waals surface area contributed by atoms with Gasteiger partial charge in [0.2, 0.25) is 11.8 Å². The molecule has 0 atom stereocenters. The number of halogens is 3. The average molecular weight is 335 g/mol. The van der Waals surface area contributed by atoms with Gasteiger partial charge in [0.25, 0.3) is 0 Å². The van der Waals surface area contributed by atoms with Crippen LogP contribution < -0.4 is 0 Å². The lowest BCUT2D eigenvalue weighted by Gasteiger charge is -2.08. The normalized spacial score (nSPS) is 11.5. The smallest absolute Gasteiger partial charge is 0.417 e. The SMILES string of the molecule is O=C(O)c1ccc(-c2nnc(-c3cnccc3C(F)(F)F)o2)cc1. The highest BCUT2D eigenvalue weighted by Gasteiger charge is 2.35. The Morgan fingerprint density at radius 1 is 1.04 bits per heavy atom. The van der Waals surface area contributed by atoms with E-state index in [2.05, 4.69) is 15.2 Å². The number of carboxylic acid groups (broad SMARTS) is 1. The van der Waals surface area contributed by atoms with E-state index in [1.807, 2.05) is 0 Å². The fraction of sp³-hybridized carbons (Fsp3) is 0.0667. The number of pyridine rings is 1. The number of benzene rings is 1. The predicted molar refractivity (Wildman–Crippen MR) is 74.9 cm³/mol. The number of aromatic nitrogens is 3. The van der Waals surface area contributed by atoms with Crippen molar-refractivity contribution in [1.29, 1.82) is 0 Å². The van der Waals surface area contributed by atoms with E-state index in [-0.39, 0.29) is 22.9 Å². The number of alkyl halides is 3. The molecule has 2 aromatic heterocycles. The molecule has 122 valence electrons. The van der Waals surface area contributed by atoms with Gasteiger partial charge in [0.15, 0.2) is 0 Å². The zero-order valence-electron chi connectivity index (χ0n) is 11.8. The summed E-state index contributed by atoms with van der Waals surface area (Å²) >= 11 is 0. The van der Waals surface area contributed by atoms with E-state index >= 15 is 0 Å². The van der Waals surface area contributed by atoms with Gasteiger partial charge >= 0.3 is 12.1 Å². The second-order valence-electron chi connectivity index (χ2n) is 4.71. The Morgan fingerprint density at radius 3 is 2.33 bits per heavy atom. The minimum absolute atomic E-state index is 0.0288. The molecule has 0 fully saturated rings. The number of nitrogens with zero attached hydrogens (tertiary/aromatic N) is 3. The van der Waals surface area contributed by atoms with Gasteiger partial charge in [-0.05, 0) is 30.3 Å². The third kappa shape index (κ3) is 2.96. The van der Waals surface area contributed by atoms with Crippen molar-refractivity contribution < 1.29 is 27.5 Å². The van der Waals surface area contributed by atoms with Crippen molar-refractivity contribution >= 4 is 5.97 Å². The summed E-state index contributed by atoms with van der Waals surface area (Å²) in [5.74, 6) is -1.45. The van der Waals surface area contributed by atoms with E-state index in [0.29, 0.717) is 5.56 Å². The van der Waals surface area contributed by atoms with Gasteiger partial charge in [-0.2, -0.15) is 13.2 Å². The molecule has 0 bridgehead atoms. The van der Waals surface area contributed by atoms with Crippen molar-refractivity contribution in [2.75, 3.05) is 0 Å². The lowest BCUT2D eigenvalue weighted by molar-refractivity contribution is -0.137. The van der Waals surface area contributed by atoms with Crippen molar-refractivity contribution in [3.63, 3.8) is 0 Å². The summed E-state index contributed by atoms with van der Waals surface area (Å²) < 4.78 is 44.3. The van der Waals surface area contributed by atoms with Crippen molar-refractivity contribution in [2.45, 2.75) is 6.18 Å². The lowest BCUT2D eigenvalue weighted by atomic mass is 10.1. The maximum atomic E-state index is 13.0. The van der Waals surface area contributed by atoms with Gasteiger partial charge in [-0.15, -0.1) is 10.2 Å². The second-order valence-corrected chi connectivity index (χ2v) is 4.71. The van der Waals surface area contributed by atoms with Crippen LogP contribution in [0.25, 0.3) is 22.9 Å². The fourth-order valence-corrected chi connectivity index (χ4v) is 2.02. The summed E-state index contributed by atoms with van der Waals surface area (Å²) in [6.45, 7) is 0. The maximum Gasteiger partial charge on any atom is 0.417 e. The summed E-state index contributed by atoms with van der Waals surface area (Å²) in [6.07, 6.45) is -2.57. The van der Waals surface area contributed by atoms with Gasteiger partial charge in [0.1, 0.15) is 0 Å². The minimum Gasteiger partial charge on any atom is -0.478 e. The Morgan fingerprint density at radius 2 is 1.71 bits per heavy atom. The second kappa shape index (κ2) is 5.76. The Balaban J connectivity index is 1.99. The maximum absolute atomic E-state index is 13.0.